The van der Waals surface area contributed by atoms with Gasteiger partial charge in [-0.25, -0.2) is 9.48 Å². The number of benzene rings is 1. The number of carbonyl (C=O) groups is 2. The SMILES string of the molecule is CCOC(=O)c1ccccc1NC(=O)CCCn1nc(-c2cccs2)ccc1=O. The lowest BCUT2D eigenvalue weighted by Gasteiger charge is -2.10. The number of hydrogen-bond acceptors (Lipinski definition) is 6. The molecule has 0 spiro atoms. The van der Waals surface area contributed by atoms with Crippen LogP contribution >= 0.6 is 11.3 Å². The van der Waals surface area contributed by atoms with Gasteiger partial charge in [0.1, 0.15) is 5.69 Å². The summed E-state index contributed by atoms with van der Waals surface area (Å²) in [6, 6.07) is 13.7. The zero-order valence-electron chi connectivity index (χ0n) is 16.0. The van der Waals surface area contributed by atoms with E-state index in [1.165, 1.54) is 10.7 Å². The second-order valence-corrected chi connectivity index (χ2v) is 7.12. The van der Waals surface area contributed by atoms with Crippen LogP contribution in [0.2, 0.25) is 0 Å². The van der Waals surface area contributed by atoms with E-state index in [2.05, 4.69) is 10.4 Å². The van der Waals surface area contributed by atoms with E-state index in [0.717, 1.165) is 10.6 Å². The lowest BCUT2D eigenvalue weighted by Crippen LogP contribution is -2.23. The summed E-state index contributed by atoms with van der Waals surface area (Å²) in [5.74, 6) is -0.728. The van der Waals surface area contributed by atoms with Gasteiger partial charge in [-0.1, -0.05) is 18.2 Å². The predicted molar refractivity (Wildman–Crippen MR) is 112 cm³/mol. The van der Waals surface area contributed by atoms with E-state index < -0.39 is 5.97 Å². The number of aryl methyl sites for hydroxylation is 1. The molecule has 0 atom stereocenters. The Labute approximate surface area is 172 Å². The maximum absolute atomic E-state index is 12.3. The van der Waals surface area contributed by atoms with Crippen molar-refractivity contribution in [2.24, 2.45) is 0 Å². The molecule has 3 rings (SSSR count). The molecule has 0 fully saturated rings. The zero-order valence-corrected chi connectivity index (χ0v) is 16.8. The summed E-state index contributed by atoms with van der Waals surface area (Å²) in [5.41, 5.74) is 1.24. The first kappa shape index (κ1) is 20.5. The highest BCUT2D eigenvalue weighted by Gasteiger charge is 2.14. The average molecular weight is 411 g/mol. The van der Waals surface area contributed by atoms with Crippen molar-refractivity contribution in [2.45, 2.75) is 26.3 Å². The van der Waals surface area contributed by atoms with Crippen LogP contribution in [0.3, 0.4) is 0 Å². The van der Waals surface area contributed by atoms with Gasteiger partial charge in [-0.2, -0.15) is 5.10 Å². The van der Waals surface area contributed by atoms with E-state index in [9.17, 15) is 14.4 Å². The molecule has 8 heteroatoms. The number of rotatable bonds is 8. The largest absolute Gasteiger partial charge is 0.462 e. The number of thiophene rings is 1. The number of para-hydroxylation sites is 1. The molecule has 2 heterocycles. The van der Waals surface area contributed by atoms with Crippen molar-refractivity contribution >= 4 is 28.9 Å². The molecule has 0 radical (unpaired) electrons. The zero-order chi connectivity index (χ0) is 20.6. The molecule has 0 unspecified atom stereocenters. The lowest BCUT2D eigenvalue weighted by molar-refractivity contribution is -0.116. The van der Waals surface area contributed by atoms with Crippen LogP contribution in [-0.4, -0.2) is 28.3 Å². The number of hydrogen-bond donors (Lipinski definition) is 1. The van der Waals surface area contributed by atoms with Crippen molar-refractivity contribution in [2.75, 3.05) is 11.9 Å². The van der Waals surface area contributed by atoms with Crippen LogP contribution in [0.25, 0.3) is 10.6 Å². The fraction of sp³-hybridized carbons (Fsp3) is 0.238. The third-order valence-electron chi connectivity index (χ3n) is 4.11. The normalized spacial score (nSPS) is 10.5. The quantitative estimate of drug-likeness (QED) is 0.572. The molecule has 1 aromatic carbocycles. The van der Waals surface area contributed by atoms with Crippen molar-refractivity contribution in [3.05, 3.63) is 69.8 Å². The third-order valence-corrected chi connectivity index (χ3v) is 5.00. The van der Waals surface area contributed by atoms with Gasteiger partial charge >= 0.3 is 5.97 Å². The molecule has 0 bridgehead atoms. The molecule has 29 heavy (non-hydrogen) atoms. The molecule has 0 saturated heterocycles. The number of carbonyl (C=O) groups excluding carboxylic acids is 2. The van der Waals surface area contributed by atoms with E-state index in [4.69, 9.17) is 4.74 Å². The van der Waals surface area contributed by atoms with Crippen molar-refractivity contribution in [1.29, 1.82) is 0 Å². The van der Waals surface area contributed by atoms with Gasteiger partial charge in [0.25, 0.3) is 5.56 Å². The Morgan fingerprint density at radius 2 is 1.97 bits per heavy atom. The van der Waals surface area contributed by atoms with Crippen molar-refractivity contribution in [3.63, 3.8) is 0 Å². The maximum atomic E-state index is 12.3. The topological polar surface area (TPSA) is 90.3 Å². The van der Waals surface area contributed by atoms with E-state index in [0.29, 0.717) is 24.2 Å². The summed E-state index contributed by atoms with van der Waals surface area (Å²) in [5, 5.41) is 9.06. The predicted octanol–water partition coefficient (Wildman–Crippen LogP) is 3.57. The van der Waals surface area contributed by atoms with Crippen molar-refractivity contribution in [3.8, 4) is 10.6 Å². The van der Waals surface area contributed by atoms with Gasteiger partial charge in [0.15, 0.2) is 0 Å². The standard InChI is InChI=1S/C21H21N3O4S/c1-2-28-21(27)15-7-3-4-8-16(15)22-19(25)10-5-13-24-20(26)12-11-17(23-24)18-9-6-14-29-18/h3-4,6-9,11-12,14H,2,5,10,13H2,1H3,(H,22,25). The second kappa shape index (κ2) is 9.79. The monoisotopic (exact) mass is 411 g/mol. The Morgan fingerprint density at radius 3 is 2.72 bits per heavy atom. The molecule has 1 amide bonds. The molecule has 7 nitrogen and oxygen atoms in total. The van der Waals surface area contributed by atoms with Gasteiger partial charge in [-0.05, 0) is 43.0 Å². The highest BCUT2D eigenvalue weighted by Crippen LogP contribution is 2.21. The molecule has 3 aromatic rings. The van der Waals surface area contributed by atoms with Gasteiger partial charge < -0.3 is 10.1 Å². The number of nitrogens with zero attached hydrogens (tertiary/aromatic N) is 2. The summed E-state index contributed by atoms with van der Waals surface area (Å²) in [6.07, 6.45) is 0.628. The van der Waals surface area contributed by atoms with Crippen LogP contribution in [-0.2, 0) is 16.1 Å². The maximum Gasteiger partial charge on any atom is 0.340 e. The molecule has 0 aliphatic heterocycles. The lowest BCUT2D eigenvalue weighted by atomic mass is 10.1. The Morgan fingerprint density at radius 1 is 1.14 bits per heavy atom. The first-order chi connectivity index (χ1) is 14.1. The van der Waals surface area contributed by atoms with Gasteiger partial charge in [-0.15, -0.1) is 11.3 Å². The minimum atomic E-state index is -0.482. The number of nitrogens with one attached hydrogen (secondary N) is 1. The molecule has 0 saturated carbocycles. The first-order valence-electron chi connectivity index (χ1n) is 9.26. The summed E-state index contributed by atoms with van der Waals surface area (Å²) in [4.78, 5) is 37.3. The Kier molecular flexibility index (Phi) is 6.91. The van der Waals surface area contributed by atoms with Crippen LogP contribution in [0.15, 0.2) is 58.7 Å². The molecular formula is C21H21N3O4S. The first-order valence-corrected chi connectivity index (χ1v) is 10.1. The number of ether oxygens (including phenoxy) is 1. The van der Waals surface area contributed by atoms with Crippen molar-refractivity contribution in [1.82, 2.24) is 9.78 Å². The Balaban J connectivity index is 1.59. The number of esters is 1. The van der Waals surface area contributed by atoms with Crippen molar-refractivity contribution < 1.29 is 14.3 Å². The highest BCUT2D eigenvalue weighted by molar-refractivity contribution is 7.13. The molecule has 1 N–H and O–H groups in total. The number of anilines is 1. The minimum Gasteiger partial charge on any atom is -0.462 e. The smallest absolute Gasteiger partial charge is 0.340 e. The second-order valence-electron chi connectivity index (χ2n) is 6.18. The number of amides is 1. The van der Waals surface area contributed by atoms with Crippen LogP contribution in [0, 0.1) is 0 Å². The van der Waals surface area contributed by atoms with Gasteiger partial charge in [0, 0.05) is 19.0 Å². The van der Waals surface area contributed by atoms with Crippen LogP contribution in [0.4, 0.5) is 5.69 Å². The van der Waals surface area contributed by atoms with Gasteiger partial charge in [0.05, 0.1) is 22.7 Å². The molecule has 0 aliphatic rings. The Bertz CT molecular complexity index is 1040. The highest BCUT2D eigenvalue weighted by atomic mass is 32.1. The fourth-order valence-corrected chi connectivity index (χ4v) is 3.44. The van der Waals surface area contributed by atoms with Crippen LogP contribution in [0.1, 0.15) is 30.1 Å². The average Bonchev–Trinajstić information content (AvgIpc) is 3.25. The summed E-state index contributed by atoms with van der Waals surface area (Å²) in [6.45, 7) is 2.31. The van der Waals surface area contributed by atoms with Crippen LogP contribution < -0.4 is 10.9 Å². The summed E-state index contributed by atoms with van der Waals surface area (Å²) >= 11 is 1.55. The summed E-state index contributed by atoms with van der Waals surface area (Å²) in [7, 11) is 0. The van der Waals surface area contributed by atoms with E-state index >= 15 is 0 Å². The van der Waals surface area contributed by atoms with E-state index in [1.54, 1.807) is 48.6 Å². The van der Waals surface area contributed by atoms with Crippen LogP contribution in [0.5, 0.6) is 0 Å². The van der Waals surface area contributed by atoms with E-state index in [-0.39, 0.29) is 24.5 Å². The molecule has 150 valence electrons. The molecular weight excluding hydrogens is 390 g/mol. The van der Waals surface area contributed by atoms with Gasteiger partial charge in [0.2, 0.25) is 5.91 Å². The van der Waals surface area contributed by atoms with E-state index in [1.807, 2.05) is 17.5 Å². The Hall–Kier alpha value is -3.26. The summed E-state index contributed by atoms with van der Waals surface area (Å²) < 4.78 is 6.38. The third kappa shape index (κ3) is 5.39. The van der Waals surface area contributed by atoms with Gasteiger partial charge in [-0.3, -0.25) is 9.59 Å². The fourth-order valence-electron chi connectivity index (χ4n) is 2.75. The minimum absolute atomic E-state index is 0.189. The molecule has 0 aliphatic carbocycles. The molecule has 2 aromatic heterocycles. The number of aromatic nitrogens is 2.